The predicted molar refractivity (Wildman–Crippen MR) is 208 cm³/mol. The van der Waals surface area contributed by atoms with Crippen LogP contribution in [0.2, 0.25) is 0 Å². The molecule has 57 heavy (non-hydrogen) atoms. The third-order valence-corrected chi connectivity index (χ3v) is 8.54. The largest absolute Gasteiger partial charge is 0.493 e. The molecule has 3 aromatic heterocycles. The maximum atomic E-state index is 15.4. The number of hydrogen-bond donors (Lipinski definition) is 4. The van der Waals surface area contributed by atoms with E-state index in [0.29, 0.717) is 5.75 Å². The molecule has 2 aromatic carbocycles. The van der Waals surface area contributed by atoms with Gasteiger partial charge >= 0.3 is 12.2 Å². The number of aromatic amines is 1. The van der Waals surface area contributed by atoms with E-state index >= 15 is 4.39 Å². The molecule has 0 spiro atoms. The molecule has 5 aromatic rings. The van der Waals surface area contributed by atoms with Gasteiger partial charge in [-0.05, 0) is 64.8 Å². The van der Waals surface area contributed by atoms with E-state index in [1.54, 1.807) is 40.7 Å². The minimum atomic E-state index is -1.12. The lowest BCUT2D eigenvalue weighted by Crippen LogP contribution is -2.46. The van der Waals surface area contributed by atoms with Crippen LogP contribution in [0.25, 0.3) is 10.9 Å². The van der Waals surface area contributed by atoms with Crippen LogP contribution in [0.4, 0.5) is 43.1 Å². The Morgan fingerprint density at radius 2 is 1.74 bits per heavy atom. The number of hydrogen-bond acceptors (Lipinski definition) is 13. The van der Waals surface area contributed by atoms with Gasteiger partial charge in [0.1, 0.15) is 18.0 Å². The number of benzene rings is 2. The van der Waals surface area contributed by atoms with Crippen LogP contribution in [0.5, 0.6) is 23.0 Å². The van der Waals surface area contributed by atoms with E-state index in [-0.39, 0.29) is 59.4 Å². The third kappa shape index (κ3) is 9.01. The number of nitrogens with one attached hydrogen (secondary N) is 4. The maximum absolute atomic E-state index is 15.4. The number of alkyl carbamates (subject to hydrolysis) is 1. The Morgan fingerprint density at radius 3 is 2.42 bits per heavy atom. The van der Waals surface area contributed by atoms with Crippen LogP contribution in [-0.2, 0) is 20.7 Å². The number of fused-ring (bicyclic) bond motifs is 2. The number of rotatable bonds is 12. The van der Waals surface area contributed by atoms with Crippen molar-refractivity contribution in [1.29, 1.82) is 0 Å². The molecule has 4 N–H and O–H groups in total. The first-order chi connectivity index (χ1) is 27.1. The van der Waals surface area contributed by atoms with Crippen molar-refractivity contribution >= 4 is 58.1 Å². The number of aromatic nitrogens is 4. The Labute approximate surface area is 327 Å². The molecule has 0 radical (unpaired) electrons. The zero-order valence-electron chi connectivity index (χ0n) is 32.6. The Kier molecular flexibility index (Phi) is 11.2. The van der Waals surface area contributed by atoms with Gasteiger partial charge in [-0.3, -0.25) is 4.79 Å². The van der Waals surface area contributed by atoms with Crippen LogP contribution in [0.3, 0.4) is 0 Å². The van der Waals surface area contributed by atoms with Gasteiger partial charge in [-0.15, -0.1) is 0 Å². The fourth-order valence-electron chi connectivity index (χ4n) is 5.87. The van der Waals surface area contributed by atoms with E-state index in [9.17, 15) is 14.4 Å². The van der Waals surface area contributed by atoms with E-state index in [2.05, 4.69) is 35.9 Å². The molecule has 1 aliphatic rings. The van der Waals surface area contributed by atoms with E-state index in [0.717, 1.165) is 27.6 Å². The lowest BCUT2D eigenvalue weighted by molar-refractivity contribution is -0.129. The molecular weight excluding hydrogens is 743 g/mol. The number of H-pyrrole nitrogens is 1. The first kappa shape index (κ1) is 39.8. The highest BCUT2D eigenvalue weighted by atomic mass is 19.1. The molecule has 4 heterocycles. The molecule has 6 rings (SSSR count). The highest BCUT2D eigenvalue weighted by Crippen LogP contribution is 2.43. The first-order valence-electron chi connectivity index (χ1n) is 17.7. The van der Waals surface area contributed by atoms with Crippen molar-refractivity contribution in [3.63, 3.8) is 0 Å². The van der Waals surface area contributed by atoms with Gasteiger partial charge in [-0.1, -0.05) is 18.2 Å². The molecule has 3 amide bonds. The summed E-state index contributed by atoms with van der Waals surface area (Å²) in [4.78, 5) is 56.8. The number of anilines is 5. The topological polar surface area (TPSA) is 200 Å². The van der Waals surface area contributed by atoms with E-state index in [1.807, 2.05) is 30.5 Å². The Bertz CT molecular complexity index is 2280. The minimum Gasteiger partial charge on any atom is -0.493 e. The summed E-state index contributed by atoms with van der Waals surface area (Å²) in [5.74, 6) is -0.892. The van der Waals surface area contributed by atoms with Gasteiger partial charge in [0.25, 0.3) is 5.91 Å². The molecular formula is C39H43FN8O9. The SMILES string of the molecule is COc1cc(N(C(=O)OC[C@H](Cc2c[nH]c3ccccc23)NC(=O)OC(C)(C)C)c2ncc(F)c(Nc3ccc4c(n3)NC(=O)C(C)(C)O4)n2)cc(OC)c1OC. The summed E-state index contributed by atoms with van der Waals surface area (Å²) in [6, 6.07) is 12.9. The lowest BCUT2D eigenvalue weighted by Gasteiger charge is -2.30. The second-order valence-corrected chi connectivity index (χ2v) is 14.3. The maximum Gasteiger partial charge on any atom is 0.421 e. The number of carbonyl (C=O) groups excluding carboxylic acids is 3. The van der Waals surface area contributed by atoms with Gasteiger partial charge in [0.05, 0.1) is 39.3 Å². The van der Waals surface area contributed by atoms with Gasteiger partial charge in [0.2, 0.25) is 11.7 Å². The quantitative estimate of drug-likeness (QED) is 0.103. The van der Waals surface area contributed by atoms with Crippen molar-refractivity contribution in [3.05, 3.63) is 72.3 Å². The van der Waals surface area contributed by atoms with Crippen molar-refractivity contribution in [2.24, 2.45) is 0 Å². The number of halogens is 1. The summed E-state index contributed by atoms with van der Waals surface area (Å²) >= 11 is 0. The second kappa shape index (κ2) is 16.1. The average Bonchev–Trinajstić information content (AvgIpc) is 3.56. The first-order valence-corrected chi connectivity index (χ1v) is 17.7. The number of carbonyl (C=O) groups is 3. The zero-order chi connectivity index (χ0) is 41.1. The van der Waals surface area contributed by atoms with Crippen LogP contribution < -0.4 is 39.8 Å². The van der Waals surface area contributed by atoms with Crippen LogP contribution in [0.15, 0.2) is 60.9 Å². The van der Waals surface area contributed by atoms with Crippen molar-refractivity contribution in [1.82, 2.24) is 25.3 Å². The summed E-state index contributed by atoms with van der Waals surface area (Å²) in [5, 5.41) is 9.19. The van der Waals surface area contributed by atoms with E-state index in [4.69, 9.17) is 28.4 Å². The molecule has 18 heteroatoms. The van der Waals surface area contributed by atoms with Crippen molar-refractivity contribution < 1.29 is 47.2 Å². The highest BCUT2D eigenvalue weighted by Gasteiger charge is 2.36. The van der Waals surface area contributed by atoms with Gasteiger partial charge in [-0.25, -0.2) is 28.8 Å². The number of ether oxygens (including phenoxy) is 6. The minimum absolute atomic E-state index is 0.0923. The van der Waals surface area contributed by atoms with Gasteiger partial charge < -0.3 is 49.4 Å². The standard InChI is InChI=1S/C39H43FN8O9/c1-38(2,3)57-36(50)43-22(15-21-18-41-26-12-10-9-11-24(21)26)20-55-37(51)48(23-16-28(52-6)31(54-8)29(17-23)53-7)35-42-19-25(40)32(47-35)44-30-14-13-27-33(45-30)46-34(49)39(4,5)56-27/h9-14,16-19,22,41H,15,20H2,1-8H3,(H,43,50)(H2,42,44,45,46,47,49)/t22-/m0/s1. The van der Waals surface area contributed by atoms with E-state index in [1.165, 1.54) is 39.5 Å². The fraction of sp³-hybridized carbons (Fsp3) is 0.333. The Balaban J connectivity index is 1.34. The normalized spacial score (nSPS) is 13.7. The number of amides is 3. The predicted octanol–water partition coefficient (Wildman–Crippen LogP) is 6.78. The summed E-state index contributed by atoms with van der Waals surface area (Å²) in [5.41, 5.74) is -0.0831. The van der Waals surface area contributed by atoms with Crippen LogP contribution in [-0.4, -0.2) is 83.2 Å². The number of nitrogens with zero attached hydrogens (tertiary/aromatic N) is 4. The zero-order valence-corrected chi connectivity index (χ0v) is 32.6. The average molecular weight is 787 g/mol. The van der Waals surface area contributed by atoms with Crippen LogP contribution >= 0.6 is 0 Å². The van der Waals surface area contributed by atoms with Crippen molar-refractivity contribution in [2.45, 2.75) is 58.3 Å². The molecule has 1 atom stereocenters. The number of methoxy groups -OCH3 is 3. The molecule has 17 nitrogen and oxygen atoms in total. The molecule has 0 saturated heterocycles. The van der Waals surface area contributed by atoms with Gasteiger partial charge in [-0.2, -0.15) is 4.98 Å². The second-order valence-electron chi connectivity index (χ2n) is 14.3. The number of para-hydroxylation sites is 1. The Morgan fingerprint density at radius 1 is 1.02 bits per heavy atom. The molecule has 300 valence electrons. The third-order valence-electron chi connectivity index (χ3n) is 8.54. The Hall–Kier alpha value is -6.85. The smallest absolute Gasteiger partial charge is 0.421 e. The summed E-state index contributed by atoms with van der Waals surface area (Å²) < 4.78 is 49.1. The highest BCUT2D eigenvalue weighted by molar-refractivity contribution is 5.99. The molecule has 0 aliphatic carbocycles. The van der Waals surface area contributed by atoms with Crippen LogP contribution in [0.1, 0.15) is 40.2 Å². The fourth-order valence-corrected chi connectivity index (χ4v) is 5.87. The number of pyridine rings is 1. The summed E-state index contributed by atoms with van der Waals surface area (Å²) in [6.07, 6.45) is 1.20. The monoisotopic (exact) mass is 786 g/mol. The summed E-state index contributed by atoms with van der Waals surface area (Å²) in [7, 11) is 4.22. The van der Waals surface area contributed by atoms with Gasteiger partial charge in [0.15, 0.2) is 40.3 Å². The summed E-state index contributed by atoms with van der Waals surface area (Å²) in [6.45, 7) is 8.09. The lowest BCUT2D eigenvalue weighted by atomic mass is 10.1. The molecule has 0 fully saturated rings. The van der Waals surface area contributed by atoms with E-state index < -0.39 is 41.2 Å². The van der Waals surface area contributed by atoms with Crippen molar-refractivity contribution in [3.8, 4) is 23.0 Å². The molecule has 0 bridgehead atoms. The van der Waals surface area contributed by atoms with Crippen molar-refractivity contribution in [2.75, 3.05) is 43.5 Å². The molecule has 0 unspecified atom stereocenters. The van der Waals surface area contributed by atoms with Crippen LogP contribution in [0, 0.1) is 5.82 Å². The van der Waals surface area contributed by atoms with Gasteiger partial charge in [0, 0.05) is 29.2 Å². The molecule has 1 aliphatic heterocycles. The molecule has 0 saturated carbocycles.